The molecule has 0 amide bonds. The molecule has 2 aliphatic rings. The van der Waals surface area contributed by atoms with E-state index in [0.717, 1.165) is 0 Å². The van der Waals surface area contributed by atoms with Crippen molar-refractivity contribution in [1.82, 2.24) is 9.80 Å². The van der Waals surface area contributed by atoms with Gasteiger partial charge in [0.15, 0.2) is 0 Å². The van der Waals surface area contributed by atoms with E-state index in [2.05, 4.69) is 4.74 Å². The summed E-state index contributed by atoms with van der Waals surface area (Å²) in [5.41, 5.74) is -14.4. The monoisotopic (exact) mass is 796 g/mol. The lowest BCUT2D eigenvalue weighted by atomic mass is 9.92. The molecule has 0 aliphatic carbocycles. The summed E-state index contributed by atoms with van der Waals surface area (Å²) in [6.07, 6.45) is -67.1. The fourth-order valence-electron chi connectivity index (χ4n) is 4.05. The minimum absolute atomic E-state index is 1.03. The Kier molecular flexibility index (Phi) is 9.90. The van der Waals surface area contributed by atoms with Gasteiger partial charge in [-0.05, 0) is 13.8 Å². The molecule has 2 saturated heterocycles. The van der Waals surface area contributed by atoms with Gasteiger partial charge in [-0.2, -0.15) is 96.6 Å². The molecule has 0 N–H and O–H groups in total. The van der Waals surface area contributed by atoms with Crippen LogP contribution in [-0.4, -0.2) is 107 Å². The summed E-state index contributed by atoms with van der Waals surface area (Å²) in [5, 5.41) is 0. The molecule has 6 atom stereocenters. The van der Waals surface area contributed by atoms with Gasteiger partial charge in [0.25, 0.3) is 11.3 Å². The van der Waals surface area contributed by atoms with Crippen molar-refractivity contribution in [2.24, 2.45) is 0 Å². The zero-order valence-corrected chi connectivity index (χ0v) is 22.3. The lowest BCUT2D eigenvalue weighted by Crippen LogP contribution is -2.80. The second-order valence-electron chi connectivity index (χ2n) is 9.80. The highest BCUT2D eigenvalue weighted by atomic mass is 19.4. The van der Waals surface area contributed by atoms with E-state index in [1.165, 1.54) is 0 Å². The Morgan fingerprint density at radius 1 is 0.429 bits per heavy atom. The van der Waals surface area contributed by atoms with Gasteiger partial charge in [-0.25, -0.2) is 27.0 Å². The highest BCUT2D eigenvalue weighted by molar-refractivity contribution is 5.09. The molecule has 31 heteroatoms. The fourth-order valence-corrected chi connectivity index (χ4v) is 4.05. The standard InChI is InChI=1S/C18H10F26N2O3/c1-3(7(21,9(23,24)25)5(19)45-11(29,30)15(37,38)48-16(39,40)12(45,31)32)47-4(2)8(22,10(26,27)28)6(20)46-13(33,34)17(41,42)49-18(43,44)14(46,35)36/h3-6H,1-2H3. The van der Waals surface area contributed by atoms with E-state index in [4.69, 9.17) is 0 Å². The van der Waals surface area contributed by atoms with Gasteiger partial charge in [0, 0.05) is 0 Å². The first-order valence-electron chi connectivity index (χ1n) is 11.5. The fraction of sp³-hybridized carbons (Fsp3) is 1.00. The molecule has 0 radical (unpaired) electrons. The smallest absolute Gasteiger partial charge is 0.368 e. The highest BCUT2D eigenvalue weighted by Gasteiger charge is 2.89. The van der Waals surface area contributed by atoms with Crippen molar-refractivity contribution in [1.29, 1.82) is 0 Å². The summed E-state index contributed by atoms with van der Waals surface area (Å²) in [6.45, 7) is -2.07. The molecule has 0 aromatic carbocycles. The van der Waals surface area contributed by atoms with Crippen molar-refractivity contribution < 1.29 is 128 Å². The van der Waals surface area contributed by atoms with Gasteiger partial charge in [-0.15, -0.1) is 9.80 Å². The maximum atomic E-state index is 15.3. The van der Waals surface area contributed by atoms with E-state index in [9.17, 15) is 105 Å². The number of ether oxygens (including phenoxy) is 3. The van der Waals surface area contributed by atoms with Gasteiger partial charge < -0.3 is 4.74 Å². The quantitative estimate of drug-likeness (QED) is 0.183. The molecule has 5 nitrogen and oxygen atoms in total. The number of morpholine rings is 2. The Balaban J connectivity index is 2.78. The molecule has 6 unspecified atom stereocenters. The molecule has 292 valence electrons. The molecular formula is C18H10F26N2O3. The summed E-state index contributed by atoms with van der Waals surface area (Å²) >= 11 is 0. The number of nitrogens with zero attached hydrogens (tertiary/aromatic N) is 2. The van der Waals surface area contributed by atoms with E-state index in [1.54, 1.807) is 9.47 Å². The minimum Gasteiger partial charge on any atom is -0.368 e. The first kappa shape index (κ1) is 43.1. The van der Waals surface area contributed by atoms with Crippen molar-refractivity contribution >= 4 is 0 Å². The second-order valence-corrected chi connectivity index (χ2v) is 9.80. The van der Waals surface area contributed by atoms with Crippen LogP contribution in [0, 0.1) is 0 Å². The van der Waals surface area contributed by atoms with Gasteiger partial charge in [0.2, 0.25) is 12.6 Å². The predicted octanol–water partition coefficient (Wildman–Crippen LogP) is 8.32. The lowest BCUT2D eigenvalue weighted by Gasteiger charge is -2.52. The van der Waals surface area contributed by atoms with Gasteiger partial charge in [-0.3, -0.25) is 0 Å². The van der Waals surface area contributed by atoms with Crippen LogP contribution < -0.4 is 0 Å². The first-order chi connectivity index (χ1) is 21.0. The van der Waals surface area contributed by atoms with Crippen LogP contribution in [0.4, 0.5) is 114 Å². The maximum absolute atomic E-state index is 15.3. The van der Waals surface area contributed by atoms with E-state index >= 15 is 8.78 Å². The van der Waals surface area contributed by atoms with Crippen LogP contribution in [0.15, 0.2) is 0 Å². The van der Waals surface area contributed by atoms with Crippen LogP contribution in [0.5, 0.6) is 0 Å². The third-order valence-corrected chi connectivity index (χ3v) is 6.73. The topological polar surface area (TPSA) is 34.2 Å². The van der Waals surface area contributed by atoms with Crippen LogP contribution in [-0.2, 0) is 14.2 Å². The average molecular weight is 796 g/mol. The van der Waals surface area contributed by atoms with E-state index in [0.29, 0.717) is 0 Å². The van der Waals surface area contributed by atoms with Gasteiger partial charge in [-0.1, -0.05) is 0 Å². The molecule has 2 heterocycles. The normalized spacial score (nSPS) is 31.1. The zero-order chi connectivity index (χ0) is 39.6. The average Bonchev–Trinajstić information content (AvgIpc) is 2.82. The number of alkyl halides is 26. The third-order valence-electron chi connectivity index (χ3n) is 6.73. The van der Waals surface area contributed by atoms with Crippen molar-refractivity contribution in [3.63, 3.8) is 0 Å². The molecule has 0 spiro atoms. The van der Waals surface area contributed by atoms with Crippen LogP contribution in [0.3, 0.4) is 0 Å². The number of rotatable bonds is 8. The van der Waals surface area contributed by atoms with Gasteiger partial charge in [0.05, 0.1) is 0 Å². The summed E-state index contributed by atoms with van der Waals surface area (Å²) in [7, 11) is 0. The van der Waals surface area contributed by atoms with Crippen LogP contribution >= 0.6 is 0 Å². The molecule has 2 aliphatic heterocycles. The molecule has 49 heavy (non-hydrogen) atoms. The van der Waals surface area contributed by atoms with Crippen LogP contribution in [0.1, 0.15) is 13.8 Å². The first-order valence-corrected chi connectivity index (χ1v) is 11.5. The summed E-state index contributed by atoms with van der Waals surface area (Å²) in [5.74, 6) is 0. The SMILES string of the molecule is CC(OC(C)C(F)(C(F)N1C(F)(F)C(F)(F)OC(F)(F)C1(F)F)C(F)(F)F)C(F)(C(F)N1C(F)(F)C(F)(F)OC(F)(F)C1(F)F)C(F)(F)F. The van der Waals surface area contributed by atoms with Gasteiger partial charge in [0.1, 0.15) is 12.2 Å². The predicted molar refractivity (Wildman–Crippen MR) is 95.0 cm³/mol. The number of hydrogen-bond donors (Lipinski definition) is 0. The zero-order valence-electron chi connectivity index (χ0n) is 22.3. The Hall–Kier alpha value is -2.02. The summed E-state index contributed by atoms with van der Waals surface area (Å²) in [4.78, 5) is -7.77. The Morgan fingerprint density at radius 2 is 0.612 bits per heavy atom. The molecule has 0 aromatic rings. The van der Waals surface area contributed by atoms with E-state index < -0.39 is 121 Å². The summed E-state index contributed by atoms with van der Waals surface area (Å²) < 4.78 is 368. The van der Waals surface area contributed by atoms with Crippen molar-refractivity contribution in [3.8, 4) is 0 Å². The van der Waals surface area contributed by atoms with Crippen molar-refractivity contribution in [2.45, 2.75) is 111 Å². The Bertz CT molecular complexity index is 1090. The Labute approximate surface area is 250 Å². The lowest BCUT2D eigenvalue weighted by molar-refractivity contribution is -0.577. The van der Waals surface area contributed by atoms with Crippen molar-refractivity contribution in [2.75, 3.05) is 0 Å². The van der Waals surface area contributed by atoms with Crippen LogP contribution in [0.25, 0.3) is 0 Å². The van der Waals surface area contributed by atoms with Crippen LogP contribution in [0.2, 0.25) is 0 Å². The molecular weight excluding hydrogens is 786 g/mol. The molecule has 2 fully saturated rings. The molecule has 0 saturated carbocycles. The molecule has 0 bridgehead atoms. The minimum atomic E-state index is -7.69. The maximum Gasteiger partial charge on any atom is 0.439 e. The van der Waals surface area contributed by atoms with E-state index in [-0.39, 0.29) is 0 Å². The van der Waals surface area contributed by atoms with Gasteiger partial charge >= 0.3 is 61.0 Å². The van der Waals surface area contributed by atoms with Crippen molar-refractivity contribution in [3.05, 3.63) is 0 Å². The summed E-state index contributed by atoms with van der Waals surface area (Å²) in [6, 6.07) is -30.1. The molecule has 2 rings (SSSR count). The number of halogens is 26. The Morgan fingerprint density at radius 3 is 0.776 bits per heavy atom. The largest absolute Gasteiger partial charge is 0.439 e. The highest BCUT2D eigenvalue weighted by Crippen LogP contribution is 2.61. The second kappa shape index (κ2) is 11.2. The molecule has 0 aromatic heterocycles. The third kappa shape index (κ3) is 5.79. The van der Waals surface area contributed by atoms with E-state index in [1.807, 2.05) is 0 Å². The number of hydrogen-bond acceptors (Lipinski definition) is 5.